The number of allylic oxidation sites excluding steroid dienone is 1. The van der Waals surface area contributed by atoms with Gasteiger partial charge in [0.2, 0.25) is 0 Å². The standard InChI is InChI=1S/C25H19ClFN3/c1-16-3-7-19(8-4-16)20(12-28)11-21-15-30(14-18-6-5-17(2)29-13-18)25-22(21)9-10-23(26)24(25)27/h3-11,13,15H,14H2,1-2H3/b20-11+. The molecule has 0 aliphatic carbocycles. The Morgan fingerprint density at radius 1 is 1.13 bits per heavy atom. The Kier molecular flexibility index (Phi) is 5.39. The van der Waals surface area contributed by atoms with Crippen molar-refractivity contribution < 1.29 is 4.39 Å². The number of nitrogens with zero attached hydrogens (tertiary/aromatic N) is 3. The predicted octanol–water partition coefficient (Wildman–Crippen LogP) is 6.56. The fourth-order valence-corrected chi connectivity index (χ4v) is 3.61. The molecular weight excluding hydrogens is 397 g/mol. The summed E-state index contributed by atoms with van der Waals surface area (Å²) in [7, 11) is 0. The molecule has 2 heterocycles. The van der Waals surface area contributed by atoms with Crippen molar-refractivity contribution in [3.05, 3.63) is 99.7 Å². The third-order valence-corrected chi connectivity index (χ3v) is 5.36. The van der Waals surface area contributed by atoms with Crippen molar-refractivity contribution in [1.29, 1.82) is 5.26 Å². The molecule has 3 nitrogen and oxygen atoms in total. The van der Waals surface area contributed by atoms with Gasteiger partial charge in [0.05, 0.1) is 22.2 Å². The van der Waals surface area contributed by atoms with Crippen LogP contribution in [0.3, 0.4) is 0 Å². The molecule has 0 atom stereocenters. The van der Waals surface area contributed by atoms with Crippen LogP contribution in [0.4, 0.5) is 4.39 Å². The highest BCUT2D eigenvalue weighted by molar-refractivity contribution is 6.31. The van der Waals surface area contributed by atoms with E-state index in [1.165, 1.54) is 0 Å². The van der Waals surface area contributed by atoms with E-state index in [1.807, 2.05) is 61.0 Å². The number of halogens is 2. The topological polar surface area (TPSA) is 41.6 Å². The molecule has 148 valence electrons. The number of hydrogen-bond acceptors (Lipinski definition) is 2. The van der Waals surface area contributed by atoms with E-state index >= 15 is 0 Å². The zero-order valence-electron chi connectivity index (χ0n) is 16.7. The van der Waals surface area contributed by atoms with Crippen LogP contribution in [0.2, 0.25) is 5.02 Å². The van der Waals surface area contributed by atoms with Crippen LogP contribution in [-0.2, 0) is 6.54 Å². The van der Waals surface area contributed by atoms with Crippen LogP contribution < -0.4 is 0 Å². The molecule has 0 aliphatic rings. The lowest BCUT2D eigenvalue weighted by Crippen LogP contribution is -2.00. The van der Waals surface area contributed by atoms with Crippen molar-refractivity contribution in [2.75, 3.05) is 0 Å². The second-order valence-electron chi connectivity index (χ2n) is 7.31. The van der Waals surface area contributed by atoms with E-state index in [2.05, 4.69) is 11.1 Å². The third-order valence-electron chi connectivity index (χ3n) is 5.07. The molecule has 4 rings (SSSR count). The maximum atomic E-state index is 15.0. The summed E-state index contributed by atoms with van der Waals surface area (Å²) in [4.78, 5) is 4.32. The van der Waals surface area contributed by atoms with Gasteiger partial charge in [-0.15, -0.1) is 0 Å². The van der Waals surface area contributed by atoms with E-state index in [0.717, 1.165) is 27.9 Å². The van der Waals surface area contributed by atoms with Crippen molar-refractivity contribution >= 4 is 34.2 Å². The molecule has 0 amide bonds. The Morgan fingerprint density at radius 2 is 1.90 bits per heavy atom. The van der Waals surface area contributed by atoms with Crippen LogP contribution in [0.25, 0.3) is 22.6 Å². The van der Waals surface area contributed by atoms with Gasteiger partial charge in [0, 0.05) is 35.6 Å². The summed E-state index contributed by atoms with van der Waals surface area (Å²) in [6.07, 6.45) is 5.44. The first kappa shape index (κ1) is 19.9. The number of benzene rings is 2. The number of hydrogen-bond donors (Lipinski definition) is 0. The van der Waals surface area contributed by atoms with Gasteiger partial charge in [0.25, 0.3) is 0 Å². The minimum Gasteiger partial charge on any atom is -0.340 e. The minimum atomic E-state index is -0.470. The highest BCUT2D eigenvalue weighted by Crippen LogP contribution is 2.31. The molecule has 0 unspecified atom stereocenters. The van der Waals surface area contributed by atoms with Gasteiger partial charge in [-0.2, -0.15) is 5.26 Å². The lowest BCUT2D eigenvalue weighted by molar-refractivity contribution is 0.629. The van der Waals surface area contributed by atoms with Gasteiger partial charge in [-0.05, 0) is 43.2 Å². The molecular formula is C25H19ClFN3. The summed E-state index contributed by atoms with van der Waals surface area (Å²) < 4.78 is 16.8. The fourth-order valence-electron chi connectivity index (χ4n) is 3.45. The maximum Gasteiger partial charge on any atom is 0.166 e. The molecule has 0 bridgehead atoms. The monoisotopic (exact) mass is 415 g/mol. The first-order valence-corrected chi connectivity index (χ1v) is 9.91. The molecule has 30 heavy (non-hydrogen) atoms. The average Bonchev–Trinajstić information content (AvgIpc) is 3.09. The first-order valence-electron chi connectivity index (χ1n) is 9.53. The summed E-state index contributed by atoms with van der Waals surface area (Å²) in [5.74, 6) is -0.470. The van der Waals surface area contributed by atoms with Gasteiger partial charge >= 0.3 is 0 Å². The van der Waals surface area contributed by atoms with E-state index in [1.54, 1.807) is 24.4 Å². The molecule has 0 N–H and O–H groups in total. The Morgan fingerprint density at radius 3 is 2.57 bits per heavy atom. The van der Waals surface area contributed by atoms with Crippen molar-refractivity contribution in [2.24, 2.45) is 0 Å². The summed E-state index contributed by atoms with van der Waals surface area (Å²) in [5, 5.41) is 10.5. The summed E-state index contributed by atoms with van der Waals surface area (Å²) >= 11 is 6.07. The van der Waals surface area contributed by atoms with Gasteiger partial charge < -0.3 is 4.57 Å². The van der Waals surface area contributed by atoms with Gasteiger partial charge in [-0.1, -0.05) is 53.6 Å². The summed E-state index contributed by atoms with van der Waals surface area (Å²) in [6.45, 7) is 4.37. The fraction of sp³-hybridized carbons (Fsp3) is 0.120. The van der Waals surface area contributed by atoms with E-state index in [9.17, 15) is 9.65 Å². The lowest BCUT2D eigenvalue weighted by atomic mass is 10.0. The second kappa shape index (κ2) is 8.14. The van der Waals surface area contributed by atoms with Gasteiger partial charge in [0.15, 0.2) is 5.82 Å². The molecule has 2 aromatic heterocycles. The molecule has 0 aliphatic heterocycles. The molecule has 0 fully saturated rings. The molecule has 0 spiro atoms. The molecule has 0 saturated carbocycles. The van der Waals surface area contributed by atoms with E-state index < -0.39 is 5.82 Å². The summed E-state index contributed by atoms with van der Waals surface area (Å²) in [5.41, 5.74) is 5.50. The number of rotatable bonds is 4. The van der Waals surface area contributed by atoms with Crippen LogP contribution in [0.1, 0.15) is 27.9 Å². The Labute approximate surface area is 179 Å². The van der Waals surface area contributed by atoms with Crippen molar-refractivity contribution in [2.45, 2.75) is 20.4 Å². The number of aromatic nitrogens is 2. The highest BCUT2D eigenvalue weighted by Gasteiger charge is 2.15. The molecule has 0 saturated heterocycles. The molecule has 2 aromatic carbocycles. The van der Waals surface area contributed by atoms with E-state index in [0.29, 0.717) is 23.0 Å². The highest BCUT2D eigenvalue weighted by atomic mass is 35.5. The van der Waals surface area contributed by atoms with Crippen LogP contribution >= 0.6 is 11.6 Å². The van der Waals surface area contributed by atoms with Gasteiger partial charge in [-0.25, -0.2) is 4.39 Å². The van der Waals surface area contributed by atoms with Crippen LogP contribution in [0, 0.1) is 31.0 Å². The van der Waals surface area contributed by atoms with Crippen LogP contribution in [0.5, 0.6) is 0 Å². The van der Waals surface area contributed by atoms with Crippen molar-refractivity contribution in [1.82, 2.24) is 9.55 Å². The molecule has 0 radical (unpaired) electrons. The van der Waals surface area contributed by atoms with E-state index in [-0.39, 0.29) is 5.02 Å². The SMILES string of the molecule is Cc1ccc(/C(C#N)=C/c2cn(Cc3ccc(C)nc3)c3c(F)c(Cl)ccc23)cc1. The van der Waals surface area contributed by atoms with Crippen LogP contribution in [0.15, 0.2) is 60.9 Å². The third kappa shape index (κ3) is 3.85. The number of aryl methyl sites for hydroxylation is 2. The van der Waals surface area contributed by atoms with Gasteiger partial charge in [-0.3, -0.25) is 4.98 Å². The van der Waals surface area contributed by atoms with E-state index in [4.69, 9.17) is 11.6 Å². The quantitative estimate of drug-likeness (QED) is 0.354. The Balaban J connectivity index is 1.86. The normalized spacial score (nSPS) is 11.6. The zero-order valence-corrected chi connectivity index (χ0v) is 17.4. The second-order valence-corrected chi connectivity index (χ2v) is 7.72. The Hall–Kier alpha value is -3.42. The lowest BCUT2D eigenvalue weighted by Gasteiger charge is -2.07. The predicted molar refractivity (Wildman–Crippen MR) is 120 cm³/mol. The maximum absolute atomic E-state index is 15.0. The van der Waals surface area contributed by atoms with Crippen molar-refractivity contribution in [3.63, 3.8) is 0 Å². The zero-order chi connectivity index (χ0) is 21.3. The van der Waals surface area contributed by atoms with Crippen LogP contribution in [-0.4, -0.2) is 9.55 Å². The summed E-state index contributed by atoms with van der Waals surface area (Å²) in [6, 6.07) is 17.3. The number of nitriles is 1. The van der Waals surface area contributed by atoms with Gasteiger partial charge in [0.1, 0.15) is 0 Å². The molecule has 4 aromatic rings. The first-order chi connectivity index (χ1) is 14.5. The largest absolute Gasteiger partial charge is 0.340 e. The number of pyridine rings is 1. The average molecular weight is 416 g/mol. The number of fused-ring (bicyclic) bond motifs is 1. The minimum absolute atomic E-state index is 0.0680. The smallest absolute Gasteiger partial charge is 0.166 e. The molecule has 5 heteroatoms. The van der Waals surface area contributed by atoms with Crippen molar-refractivity contribution in [3.8, 4) is 6.07 Å². The Bertz CT molecular complexity index is 1290.